The number of rotatable bonds is 4. The number of sulfone groups is 1. The van der Waals surface area contributed by atoms with Crippen LogP contribution in [0.3, 0.4) is 0 Å². The van der Waals surface area contributed by atoms with Gasteiger partial charge in [-0.25, -0.2) is 13.2 Å². The van der Waals surface area contributed by atoms with Crippen molar-refractivity contribution in [3.8, 4) is 0 Å². The second-order valence-electron chi connectivity index (χ2n) is 6.46. The van der Waals surface area contributed by atoms with E-state index in [4.69, 9.17) is 0 Å². The lowest BCUT2D eigenvalue weighted by Gasteiger charge is -2.42. The normalized spacial score (nSPS) is 25.0. The minimum Gasteiger partial charge on any atom is -0.390 e. The lowest BCUT2D eigenvalue weighted by molar-refractivity contribution is -0.0207. The SMILES string of the molecule is C[C@@]1(O)CCN(C(=O)NC/C=C/S(C)(=O)=O)[C@H](c2ccccc2)C1. The summed E-state index contributed by atoms with van der Waals surface area (Å²) in [6.07, 6.45) is 3.47. The summed E-state index contributed by atoms with van der Waals surface area (Å²) in [5.74, 6) is 0. The average Bonchev–Trinajstić information content (AvgIpc) is 2.50. The largest absolute Gasteiger partial charge is 0.390 e. The van der Waals surface area contributed by atoms with E-state index in [-0.39, 0.29) is 18.6 Å². The fraction of sp³-hybridized carbons (Fsp3) is 0.471. The molecule has 7 heteroatoms. The van der Waals surface area contributed by atoms with Gasteiger partial charge in [-0.15, -0.1) is 0 Å². The Balaban J connectivity index is 2.08. The maximum absolute atomic E-state index is 12.5. The van der Waals surface area contributed by atoms with E-state index in [9.17, 15) is 18.3 Å². The molecular weight excluding hydrogens is 328 g/mol. The molecule has 0 radical (unpaired) electrons. The van der Waals surface area contributed by atoms with E-state index in [1.165, 1.54) is 6.08 Å². The van der Waals surface area contributed by atoms with Crippen molar-refractivity contribution >= 4 is 15.9 Å². The first kappa shape index (κ1) is 18.5. The van der Waals surface area contributed by atoms with Gasteiger partial charge in [0, 0.05) is 31.2 Å². The van der Waals surface area contributed by atoms with Gasteiger partial charge >= 0.3 is 6.03 Å². The third-order valence-electron chi connectivity index (χ3n) is 4.06. The Kier molecular flexibility index (Phi) is 5.66. The van der Waals surface area contributed by atoms with E-state index in [1.807, 2.05) is 30.3 Å². The molecule has 1 saturated heterocycles. The first-order valence-electron chi connectivity index (χ1n) is 7.86. The molecule has 1 heterocycles. The molecule has 1 aromatic rings. The predicted molar refractivity (Wildman–Crippen MR) is 93.1 cm³/mol. The predicted octanol–water partition coefficient (Wildman–Crippen LogP) is 1.84. The van der Waals surface area contributed by atoms with Crippen LogP contribution in [0.4, 0.5) is 4.79 Å². The van der Waals surface area contributed by atoms with Crippen LogP contribution in [-0.4, -0.2) is 49.4 Å². The number of nitrogens with zero attached hydrogens (tertiary/aromatic N) is 1. The third-order valence-corrected chi connectivity index (χ3v) is 4.75. The summed E-state index contributed by atoms with van der Waals surface area (Å²) in [6.45, 7) is 2.36. The number of likely N-dealkylation sites (tertiary alicyclic amines) is 1. The van der Waals surface area contributed by atoms with Crippen LogP contribution in [0.1, 0.15) is 31.4 Å². The summed E-state index contributed by atoms with van der Waals surface area (Å²) in [5.41, 5.74) is 0.160. The van der Waals surface area contributed by atoms with Gasteiger partial charge in [0.15, 0.2) is 9.84 Å². The summed E-state index contributed by atoms with van der Waals surface area (Å²) >= 11 is 0. The molecule has 1 aliphatic heterocycles. The van der Waals surface area contributed by atoms with E-state index in [2.05, 4.69) is 5.32 Å². The van der Waals surface area contributed by atoms with Crippen LogP contribution in [0, 0.1) is 0 Å². The molecule has 132 valence electrons. The zero-order chi connectivity index (χ0) is 17.8. The average molecular weight is 352 g/mol. The molecule has 2 atom stereocenters. The maximum Gasteiger partial charge on any atom is 0.318 e. The highest BCUT2D eigenvalue weighted by atomic mass is 32.2. The van der Waals surface area contributed by atoms with Gasteiger partial charge in [-0.05, 0) is 18.9 Å². The standard InChI is InChI=1S/C17H24N2O4S/c1-17(21)9-11-19(15(13-17)14-7-4-3-5-8-14)16(20)18-10-6-12-24(2,22)23/h3-8,12,15,21H,9-11,13H2,1-2H3,(H,18,20)/b12-6+/t15-,17+/m0/s1. The molecule has 0 aromatic heterocycles. The van der Waals surface area contributed by atoms with E-state index in [0.29, 0.717) is 19.4 Å². The Morgan fingerprint density at radius 2 is 2.08 bits per heavy atom. The Morgan fingerprint density at radius 3 is 2.71 bits per heavy atom. The van der Waals surface area contributed by atoms with Crippen molar-refractivity contribution < 1.29 is 18.3 Å². The molecule has 1 aromatic carbocycles. The zero-order valence-corrected chi connectivity index (χ0v) is 14.8. The topological polar surface area (TPSA) is 86.7 Å². The lowest BCUT2D eigenvalue weighted by atomic mass is 9.85. The number of hydrogen-bond acceptors (Lipinski definition) is 4. The molecule has 0 spiro atoms. The van der Waals surface area contributed by atoms with Crippen LogP contribution in [0.15, 0.2) is 41.8 Å². The second kappa shape index (κ2) is 7.36. The quantitative estimate of drug-likeness (QED) is 0.866. The van der Waals surface area contributed by atoms with Crippen molar-refractivity contribution in [2.24, 2.45) is 0 Å². The second-order valence-corrected chi connectivity index (χ2v) is 8.39. The molecule has 2 N–H and O–H groups in total. The van der Waals surface area contributed by atoms with Gasteiger partial charge in [0.2, 0.25) is 0 Å². The molecular formula is C17H24N2O4S. The van der Waals surface area contributed by atoms with Gasteiger partial charge in [0.25, 0.3) is 0 Å². The Morgan fingerprint density at radius 1 is 1.42 bits per heavy atom. The Labute approximate surface area is 143 Å². The van der Waals surface area contributed by atoms with Crippen LogP contribution in [-0.2, 0) is 9.84 Å². The Hall–Kier alpha value is -1.86. The Bertz CT molecular complexity index is 699. The minimum atomic E-state index is -3.19. The van der Waals surface area contributed by atoms with Crippen molar-refractivity contribution in [2.75, 3.05) is 19.3 Å². The zero-order valence-electron chi connectivity index (χ0n) is 14.0. The van der Waals surface area contributed by atoms with Crippen molar-refractivity contribution in [1.29, 1.82) is 0 Å². The summed E-state index contributed by atoms with van der Waals surface area (Å²) in [7, 11) is -3.19. The summed E-state index contributed by atoms with van der Waals surface area (Å²) in [4.78, 5) is 14.2. The van der Waals surface area contributed by atoms with Gasteiger partial charge in [-0.2, -0.15) is 0 Å². The lowest BCUT2D eigenvalue weighted by Crippen LogP contribution is -2.50. The van der Waals surface area contributed by atoms with Gasteiger partial charge in [-0.3, -0.25) is 0 Å². The van der Waals surface area contributed by atoms with E-state index in [0.717, 1.165) is 17.2 Å². The highest BCUT2D eigenvalue weighted by molar-refractivity contribution is 7.93. The summed E-state index contributed by atoms with van der Waals surface area (Å²) < 4.78 is 22.1. The van der Waals surface area contributed by atoms with Crippen LogP contribution >= 0.6 is 0 Å². The number of piperidine rings is 1. The number of hydrogen-bond donors (Lipinski definition) is 2. The molecule has 1 fully saturated rings. The van der Waals surface area contributed by atoms with E-state index < -0.39 is 15.4 Å². The van der Waals surface area contributed by atoms with Crippen molar-refractivity contribution in [2.45, 2.75) is 31.4 Å². The molecule has 0 aliphatic carbocycles. The molecule has 6 nitrogen and oxygen atoms in total. The highest BCUT2D eigenvalue weighted by Gasteiger charge is 2.37. The minimum absolute atomic E-state index is 0.139. The smallest absolute Gasteiger partial charge is 0.318 e. The number of carbonyl (C=O) groups is 1. The molecule has 0 unspecified atom stereocenters. The number of aliphatic hydroxyl groups is 1. The molecule has 0 bridgehead atoms. The molecule has 2 amide bonds. The highest BCUT2D eigenvalue weighted by Crippen LogP contribution is 2.36. The van der Waals surface area contributed by atoms with Crippen LogP contribution in [0.25, 0.3) is 0 Å². The number of amides is 2. The number of benzene rings is 1. The summed E-state index contributed by atoms with van der Waals surface area (Å²) in [5, 5.41) is 14.2. The van der Waals surface area contributed by atoms with Gasteiger partial charge in [0.1, 0.15) is 0 Å². The number of nitrogens with one attached hydrogen (secondary N) is 1. The maximum atomic E-state index is 12.5. The van der Waals surface area contributed by atoms with Crippen molar-refractivity contribution in [1.82, 2.24) is 10.2 Å². The van der Waals surface area contributed by atoms with Gasteiger partial charge in [-0.1, -0.05) is 36.4 Å². The van der Waals surface area contributed by atoms with Crippen molar-refractivity contribution in [3.63, 3.8) is 0 Å². The van der Waals surface area contributed by atoms with Gasteiger partial charge < -0.3 is 15.3 Å². The fourth-order valence-corrected chi connectivity index (χ4v) is 3.28. The first-order chi connectivity index (χ1) is 11.2. The number of urea groups is 1. The van der Waals surface area contributed by atoms with Crippen LogP contribution in [0.5, 0.6) is 0 Å². The summed E-state index contributed by atoms with van der Waals surface area (Å²) in [6, 6.07) is 9.12. The van der Waals surface area contributed by atoms with E-state index >= 15 is 0 Å². The van der Waals surface area contributed by atoms with Crippen LogP contribution < -0.4 is 5.32 Å². The molecule has 1 aliphatic rings. The fourth-order valence-electron chi connectivity index (χ4n) is 2.83. The monoisotopic (exact) mass is 352 g/mol. The molecule has 0 saturated carbocycles. The molecule has 24 heavy (non-hydrogen) atoms. The number of carbonyl (C=O) groups excluding carboxylic acids is 1. The van der Waals surface area contributed by atoms with Crippen LogP contribution in [0.2, 0.25) is 0 Å². The first-order valence-corrected chi connectivity index (χ1v) is 9.82. The molecule has 2 rings (SSSR count). The van der Waals surface area contributed by atoms with E-state index in [1.54, 1.807) is 11.8 Å². The third kappa shape index (κ3) is 5.35. The van der Waals surface area contributed by atoms with Gasteiger partial charge in [0.05, 0.1) is 11.6 Å². The van der Waals surface area contributed by atoms with Crippen molar-refractivity contribution in [3.05, 3.63) is 47.4 Å².